The monoisotopic (exact) mass is 277 g/mol. The molecule has 0 spiro atoms. The van der Waals surface area contributed by atoms with Gasteiger partial charge in [-0.1, -0.05) is 19.9 Å². The van der Waals surface area contributed by atoms with Gasteiger partial charge in [-0.3, -0.25) is 0 Å². The summed E-state index contributed by atoms with van der Waals surface area (Å²) in [4.78, 5) is 0. The van der Waals surface area contributed by atoms with Gasteiger partial charge in [-0.2, -0.15) is 0 Å². The van der Waals surface area contributed by atoms with E-state index in [2.05, 4.69) is 26.0 Å². The zero-order valence-electron chi connectivity index (χ0n) is 12.9. The number of hydrogen-bond acceptors (Lipinski definition) is 3. The van der Waals surface area contributed by atoms with E-state index in [1.54, 1.807) is 7.11 Å². The van der Waals surface area contributed by atoms with Crippen molar-refractivity contribution in [2.75, 3.05) is 13.7 Å². The van der Waals surface area contributed by atoms with Crippen molar-refractivity contribution in [3.05, 3.63) is 29.3 Å². The predicted molar refractivity (Wildman–Crippen MR) is 82.1 cm³/mol. The second kappa shape index (κ2) is 7.09. The smallest absolute Gasteiger partial charge is 0.119 e. The lowest BCUT2D eigenvalue weighted by atomic mass is 9.86. The zero-order valence-corrected chi connectivity index (χ0v) is 12.9. The number of aryl methyl sites for hydroxylation is 1. The Balaban J connectivity index is 1.94. The Bertz CT molecular complexity index is 431. The Labute approximate surface area is 122 Å². The van der Waals surface area contributed by atoms with Crippen LogP contribution >= 0.6 is 0 Å². The minimum atomic E-state index is -0.0344. The summed E-state index contributed by atoms with van der Waals surface area (Å²) < 4.78 is 11.3. The van der Waals surface area contributed by atoms with Crippen molar-refractivity contribution in [1.82, 2.24) is 0 Å². The molecule has 0 bridgehead atoms. The Morgan fingerprint density at radius 3 is 2.85 bits per heavy atom. The molecule has 1 aromatic carbocycles. The largest absolute Gasteiger partial charge is 0.497 e. The van der Waals surface area contributed by atoms with Gasteiger partial charge in [-0.15, -0.1) is 0 Å². The molecule has 0 amide bonds. The second-order valence-electron chi connectivity index (χ2n) is 6.07. The van der Waals surface area contributed by atoms with Crippen LogP contribution in [-0.4, -0.2) is 19.8 Å². The van der Waals surface area contributed by atoms with E-state index in [0.717, 1.165) is 37.5 Å². The molecule has 20 heavy (non-hydrogen) atoms. The summed E-state index contributed by atoms with van der Waals surface area (Å²) in [6.07, 6.45) is 4.53. The van der Waals surface area contributed by atoms with Crippen LogP contribution < -0.4 is 10.5 Å². The number of rotatable bonds is 6. The molecule has 0 saturated carbocycles. The third kappa shape index (κ3) is 3.74. The highest BCUT2D eigenvalue weighted by molar-refractivity contribution is 5.39. The minimum Gasteiger partial charge on any atom is -0.497 e. The molecule has 0 saturated heterocycles. The first-order valence-corrected chi connectivity index (χ1v) is 7.65. The predicted octanol–water partition coefficient (Wildman–Crippen LogP) is 3.46. The molecule has 0 fully saturated rings. The summed E-state index contributed by atoms with van der Waals surface area (Å²) >= 11 is 0. The third-order valence-corrected chi connectivity index (χ3v) is 4.07. The van der Waals surface area contributed by atoms with E-state index in [1.807, 2.05) is 6.07 Å². The van der Waals surface area contributed by atoms with Gasteiger partial charge in [-0.05, 0) is 54.9 Å². The van der Waals surface area contributed by atoms with E-state index < -0.39 is 0 Å². The minimum absolute atomic E-state index is 0.0344. The van der Waals surface area contributed by atoms with Crippen LogP contribution in [0.3, 0.4) is 0 Å². The molecule has 1 aromatic rings. The fourth-order valence-electron chi connectivity index (χ4n) is 2.83. The van der Waals surface area contributed by atoms with E-state index in [1.165, 1.54) is 17.5 Å². The van der Waals surface area contributed by atoms with Gasteiger partial charge in [0, 0.05) is 6.61 Å². The summed E-state index contributed by atoms with van der Waals surface area (Å²) in [5.41, 5.74) is 8.89. The lowest BCUT2D eigenvalue weighted by Crippen LogP contribution is -2.34. The topological polar surface area (TPSA) is 44.5 Å². The van der Waals surface area contributed by atoms with Gasteiger partial charge in [0.05, 0.1) is 19.3 Å². The van der Waals surface area contributed by atoms with E-state index in [9.17, 15) is 0 Å². The van der Waals surface area contributed by atoms with Crippen molar-refractivity contribution in [3.8, 4) is 5.75 Å². The number of benzene rings is 1. The number of nitrogens with two attached hydrogens (primary N) is 1. The number of methoxy groups -OCH3 is 1. The maximum absolute atomic E-state index is 6.38. The number of hydrogen-bond donors (Lipinski definition) is 1. The molecular formula is C17H27NO2. The lowest BCUT2D eigenvalue weighted by molar-refractivity contribution is 0.0220. The SMILES string of the molecule is COc1ccc2c(c1)C(N)C(OCCCC(C)C)CC2. The summed E-state index contributed by atoms with van der Waals surface area (Å²) in [6, 6.07) is 6.16. The Morgan fingerprint density at radius 2 is 2.15 bits per heavy atom. The molecular weight excluding hydrogens is 250 g/mol. The maximum atomic E-state index is 6.38. The zero-order chi connectivity index (χ0) is 14.5. The normalized spacial score (nSPS) is 21.9. The van der Waals surface area contributed by atoms with Gasteiger partial charge in [-0.25, -0.2) is 0 Å². The van der Waals surface area contributed by atoms with Crippen molar-refractivity contribution in [3.63, 3.8) is 0 Å². The molecule has 1 aliphatic rings. The van der Waals surface area contributed by atoms with Gasteiger partial charge < -0.3 is 15.2 Å². The van der Waals surface area contributed by atoms with Crippen LogP contribution in [0.4, 0.5) is 0 Å². The first-order valence-electron chi connectivity index (χ1n) is 7.65. The molecule has 2 atom stereocenters. The van der Waals surface area contributed by atoms with Crippen LogP contribution in [0.15, 0.2) is 18.2 Å². The van der Waals surface area contributed by atoms with E-state index >= 15 is 0 Å². The van der Waals surface area contributed by atoms with Gasteiger partial charge in [0.1, 0.15) is 5.75 Å². The molecule has 3 nitrogen and oxygen atoms in total. The van der Waals surface area contributed by atoms with Crippen LogP contribution in [-0.2, 0) is 11.2 Å². The molecule has 2 unspecified atom stereocenters. The summed E-state index contributed by atoms with van der Waals surface area (Å²) in [5, 5.41) is 0. The molecule has 3 heteroatoms. The quantitative estimate of drug-likeness (QED) is 0.810. The lowest BCUT2D eigenvalue weighted by Gasteiger charge is -2.31. The summed E-state index contributed by atoms with van der Waals surface area (Å²) in [6.45, 7) is 5.31. The van der Waals surface area contributed by atoms with Crippen LogP contribution in [0.25, 0.3) is 0 Å². The van der Waals surface area contributed by atoms with E-state index in [4.69, 9.17) is 15.2 Å². The molecule has 2 N–H and O–H groups in total. The molecule has 1 aliphatic carbocycles. The first-order chi connectivity index (χ1) is 9.61. The second-order valence-corrected chi connectivity index (χ2v) is 6.07. The molecule has 112 valence electrons. The fraction of sp³-hybridized carbons (Fsp3) is 0.647. The molecule has 0 aromatic heterocycles. The summed E-state index contributed by atoms with van der Waals surface area (Å²) in [5.74, 6) is 1.61. The highest BCUT2D eigenvalue weighted by Crippen LogP contribution is 2.32. The van der Waals surface area contributed by atoms with Crippen molar-refractivity contribution < 1.29 is 9.47 Å². The van der Waals surface area contributed by atoms with Crippen molar-refractivity contribution in [2.45, 2.75) is 51.7 Å². The highest BCUT2D eigenvalue weighted by atomic mass is 16.5. The summed E-state index contributed by atoms with van der Waals surface area (Å²) in [7, 11) is 1.69. The fourth-order valence-corrected chi connectivity index (χ4v) is 2.83. The van der Waals surface area contributed by atoms with Gasteiger partial charge in [0.15, 0.2) is 0 Å². The first kappa shape index (κ1) is 15.3. The standard InChI is InChI=1S/C17H27NO2/c1-12(2)5-4-10-20-16-9-7-13-6-8-14(19-3)11-15(13)17(16)18/h6,8,11-12,16-17H,4-5,7,9-10,18H2,1-3H3. The van der Waals surface area contributed by atoms with Crippen LogP contribution in [0.1, 0.15) is 50.3 Å². The Kier molecular flexibility index (Phi) is 5.44. The third-order valence-electron chi connectivity index (χ3n) is 4.07. The molecule has 0 radical (unpaired) electrons. The van der Waals surface area contributed by atoms with E-state index in [-0.39, 0.29) is 12.1 Å². The van der Waals surface area contributed by atoms with Crippen molar-refractivity contribution in [2.24, 2.45) is 11.7 Å². The van der Waals surface area contributed by atoms with Gasteiger partial charge in [0.25, 0.3) is 0 Å². The molecule has 2 rings (SSSR count). The maximum Gasteiger partial charge on any atom is 0.119 e. The Hall–Kier alpha value is -1.06. The van der Waals surface area contributed by atoms with Crippen LogP contribution in [0, 0.1) is 5.92 Å². The Morgan fingerprint density at radius 1 is 1.35 bits per heavy atom. The van der Waals surface area contributed by atoms with Crippen molar-refractivity contribution >= 4 is 0 Å². The van der Waals surface area contributed by atoms with Gasteiger partial charge in [0.2, 0.25) is 0 Å². The number of ether oxygens (including phenoxy) is 2. The van der Waals surface area contributed by atoms with Crippen molar-refractivity contribution in [1.29, 1.82) is 0 Å². The van der Waals surface area contributed by atoms with Crippen LogP contribution in [0.2, 0.25) is 0 Å². The average molecular weight is 277 g/mol. The molecule has 0 aliphatic heterocycles. The molecule has 0 heterocycles. The number of fused-ring (bicyclic) bond motifs is 1. The average Bonchev–Trinajstić information content (AvgIpc) is 2.45. The highest BCUT2D eigenvalue weighted by Gasteiger charge is 2.27. The van der Waals surface area contributed by atoms with E-state index in [0.29, 0.717) is 0 Å². The van der Waals surface area contributed by atoms with Gasteiger partial charge >= 0.3 is 0 Å². The van der Waals surface area contributed by atoms with Crippen LogP contribution in [0.5, 0.6) is 5.75 Å².